The minimum atomic E-state index is -2.75. The van der Waals surface area contributed by atoms with Gasteiger partial charge in [-0.15, -0.1) is 0 Å². The van der Waals surface area contributed by atoms with Crippen molar-refractivity contribution >= 4 is 35.1 Å². The number of carbonyl (C=O) groups is 4. The maximum absolute atomic E-state index is 13.1. The second kappa shape index (κ2) is 7.86. The van der Waals surface area contributed by atoms with E-state index in [1.807, 2.05) is 0 Å². The number of para-hydroxylation sites is 1. The van der Waals surface area contributed by atoms with Crippen LogP contribution in [0.15, 0.2) is 24.3 Å². The van der Waals surface area contributed by atoms with Crippen LogP contribution < -0.4 is 11.1 Å². The lowest BCUT2D eigenvalue weighted by atomic mass is 9.64. The summed E-state index contributed by atoms with van der Waals surface area (Å²) in [6.45, 7) is -0.988. The van der Waals surface area contributed by atoms with Crippen LogP contribution in [-0.2, 0) is 35.9 Å². The van der Waals surface area contributed by atoms with Crippen molar-refractivity contribution in [2.75, 3.05) is 13.3 Å². The van der Waals surface area contributed by atoms with Crippen molar-refractivity contribution < 1.29 is 39.2 Å². The molecule has 0 radical (unpaired) electrons. The lowest BCUT2D eigenvalue weighted by Crippen LogP contribution is -2.77. The lowest BCUT2D eigenvalue weighted by molar-refractivity contribution is -0.175. The van der Waals surface area contributed by atoms with Crippen molar-refractivity contribution in [1.29, 1.82) is 0 Å². The molecular formula is C19H21N3O8. The first kappa shape index (κ1) is 21.4. The number of aliphatic hydroxyl groups excluding tert-OH is 1. The highest BCUT2D eigenvalue weighted by atomic mass is 16.6. The van der Waals surface area contributed by atoms with Gasteiger partial charge < -0.3 is 35.6 Å². The highest BCUT2D eigenvalue weighted by molar-refractivity contribution is 6.00. The summed E-state index contributed by atoms with van der Waals surface area (Å²) in [5.41, 5.74) is 2.36. The molecule has 160 valence electrons. The van der Waals surface area contributed by atoms with E-state index in [0.29, 0.717) is 22.9 Å². The van der Waals surface area contributed by atoms with E-state index in [4.69, 9.17) is 10.5 Å². The Morgan fingerprint density at radius 3 is 2.60 bits per heavy atom. The second-order valence-electron chi connectivity index (χ2n) is 7.03. The van der Waals surface area contributed by atoms with E-state index in [2.05, 4.69) is 10.3 Å². The first-order chi connectivity index (χ1) is 14.2. The molecule has 1 aliphatic heterocycles. The van der Waals surface area contributed by atoms with E-state index in [0.717, 1.165) is 0 Å². The van der Waals surface area contributed by atoms with Gasteiger partial charge in [0.05, 0.1) is 18.0 Å². The summed E-state index contributed by atoms with van der Waals surface area (Å²) in [6.07, 6.45) is -0.430. The number of carboxylic acids is 2. The van der Waals surface area contributed by atoms with Crippen LogP contribution in [0.3, 0.4) is 0 Å². The average molecular weight is 419 g/mol. The number of nitrogens with one attached hydrogen (secondary N) is 2. The van der Waals surface area contributed by atoms with E-state index in [1.165, 1.54) is 0 Å². The van der Waals surface area contributed by atoms with Gasteiger partial charge in [0.1, 0.15) is 6.29 Å². The molecule has 7 N–H and O–H groups in total. The number of hydrogen-bond donors (Lipinski definition) is 6. The van der Waals surface area contributed by atoms with E-state index >= 15 is 0 Å². The molecule has 0 amide bonds. The largest absolute Gasteiger partial charge is 0.481 e. The Kier molecular flexibility index (Phi) is 5.61. The van der Waals surface area contributed by atoms with Crippen molar-refractivity contribution in [1.82, 2.24) is 10.3 Å². The molecule has 3 rings (SSSR count). The third kappa shape index (κ3) is 2.95. The molecule has 11 heteroatoms. The number of nitrogens with two attached hydrogens (primary N) is 1. The first-order valence-electron chi connectivity index (χ1n) is 9.06. The fourth-order valence-electron chi connectivity index (χ4n) is 4.21. The Morgan fingerprint density at radius 2 is 2.00 bits per heavy atom. The van der Waals surface area contributed by atoms with Gasteiger partial charge >= 0.3 is 17.9 Å². The van der Waals surface area contributed by atoms with Gasteiger partial charge in [-0.3, -0.25) is 14.9 Å². The molecule has 2 aromatic rings. The van der Waals surface area contributed by atoms with E-state index in [-0.39, 0.29) is 18.5 Å². The zero-order valence-corrected chi connectivity index (χ0v) is 15.8. The number of carbonyl (C=O) groups excluding carboxylic acids is 2. The van der Waals surface area contributed by atoms with Gasteiger partial charge in [-0.25, -0.2) is 4.79 Å². The van der Waals surface area contributed by atoms with Crippen molar-refractivity contribution in [3.63, 3.8) is 0 Å². The van der Waals surface area contributed by atoms with Crippen LogP contribution in [0.2, 0.25) is 0 Å². The third-order valence-electron chi connectivity index (χ3n) is 5.57. The predicted molar refractivity (Wildman–Crippen MR) is 101 cm³/mol. The summed E-state index contributed by atoms with van der Waals surface area (Å²) >= 11 is 0. The molecule has 0 bridgehead atoms. The standard InChI is InChI=1S/C19H21N3O8/c20-18(16(27)28,10(8-23)7-14(25)26)19(17(29)30-9-24)15-12(5-6-21-19)11-3-1-2-4-13(11)22-15/h1-4,8,10,21-22,24H,5-7,9,20H2,(H,25,26)(H,27,28)/t10?,18-,19?/m0/s1. The van der Waals surface area contributed by atoms with Crippen molar-refractivity contribution in [3.8, 4) is 0 Å². The van der Waals surface area contributed by atoms with Gasteiger partial charge in [-0.2, -0.15) is 0 Å². The van der Waals surface area contributed by atoms with Gasteiger partial charge in [-0.05, 0) is 18.1 Å². The number of ether oxygens (including phenoxy) is 1. The van der Waals surface area contributed by atoms with Crippen LogP contribution in [-0.4, -0.2) is 63.4 Å². The fourth-order valence-corrected chi connectivity index (χ4v) is 4.21. The Balaban J connectivity index is 2.38. The second-order valence-corrected chi connectivity index (χ2v) is 7.03. The minimum absolute atomic E-state index is 0.0514. The highest BCUT2D eigenvalue weighted by Gasteiger charge is 2.67. The van der Waals surface area contributed by atoms with Crippen LogP contribution in [0.25, 0.3) is 10.9 Å². The maximum Gasteiger partial charge on any atom is 0.337 e. The number of rotatable bonds is 8. The molecule has 0 aliphatic carbocycles. The molecule has 1 aliphatic rings. The third-order valence-corrected chi connectivity index (χ3v) is 5.57. The fraction of sp³-hybridized carbons (Fsp3) is 0.368. The molecule has 1 aromatic heterocycles. The molecule has 0 fully saturated rings. The Hall–Kier alpha value is -3.28. The molecule has 0 saturated carbocycles. The first-order valence-corrected chi connectivity index (χ1v) is 9.06. The van der Waals surface area contributed by atoms with E-state index in [1.54, 1.807) is 24.3 Å². The van der Waals surface area contributed by atoms with Crippen LogP contribution >= 0.6 is 0 Å². The van der Waals surface area contributed by atoms with Crippen molar-refractivity contribution in [3.05, 3.63) is 35.5 Å². The molecule has 2 unspecified atom stereocenters. The van der Waals surface area contributed by atoms with Gasteiger partial charge in [0.2, 0.25) is 0 Å². The molecule has 2 heterocycles. The minimum Gasteiger partial charge on any atom is -0.481 e. The number of H-pyrrole nitrogens is 1. The van der Waals surface area contributed by atoms with Crippen molar-refractivity contribution in [2.45, 2.75) is 23.9 Å². The summed E-state index contributed by atoms with van der Waals surface area (Å²) in [5.74, 6) is -6.31. The summed E-state index contributed by atoms with van der Waals surface area (Å²) in [7, 11) is 0. The van der Waals surface area contributed by atoms with Gasteiger partial charge in [0.15, 0.2) is 17.9 Å². The van der Waals surface area contributed by atoms with Gasteiger partial charge in [0.25, 0.3) is 0 Å². The van der Waals surface area contributed by atoms with Crippen molar-refractivity contribution in [2.24, 2.45) is 11.7 Å². The maximum atomic E-state index is 13.1. The normalized spacial score (nSPS) is 21.3. The van der Waals surface area contributed by atoms with Crippen LogP contribution in [0.4, 0.5) is 0 Å². The van der Waals surface area contributed by atoms with Crippen LogP contribution in [0.1, 0.15) is 17.7 Å². The average Bonchev–Trinajstić information content (AvgIpc) is 3.10. The SMILES string of the molecule is N[C@](C(=O)O)(C(C=O)CC(=O)O)C1(C(=O)OCO)NCCc2c1[nH]c1ccccc21. The molecule has 1 aromatic carbocycles. The smallest absolute Gasteiger partial charge is 0.337 e. The number of hydrogen-bond acceptors (Lipinski definition) is 8. The lowest BCUT2D eigenvalue weighted by Gasteiger charge is -2.47. The Labute approximate surface area is 169 Å². The molecule has 11 nitrogen and oxygen atoms in total. The quantitative estimate of drug-likeness (QED) is 0.177. The summed E-state index contributed by atoms with van der Waals surface area (Å²) < 4.78 is 4.76. The Bertz CT molecular complexity index is 1020. The Morgan fingerprint density at radius 1 is 1.30 bits per heavy atom. The monoisotopic (exact) mass is 419 g/mol. The number of benzene rings is 1. The number of esters is 1. The molecular weight excluding hydrogens is 398 g/mol. The van der Waals surface area contributed by atoms with Gasteiger partial charge in [0, 0.05) is 17.4 Å². The highest BCUT2D eigenvalue weighted by Crippen LogP contribution is 2.44. The number of carboxylic acid groups (broad SMARTS) is 2. The van der Waals surface area contributed by atoms with E-state index < -0.39 is 48.1 Å². The summed E-state index contributed by atoms with van der Waals surface area (Å²) in [6, 6.07) is 6.98. The number of aldehydes is 1. The number of aromatic amines is 1. The number of aliphatic carboxylic acids is 2. The van der Waals surface area contributed by atoms with Crippen LogP contribution in [0.5, 0.6) is 0 Å². The zero-order chi connectivity index (χ0) is 22.1. The summed E-state index contributed by atoms with van der Waals surface area (Å²) in [4.78, 5) is 51.7. The molecule has 3 atom stereocenters. The van der Waals surface area contributed by atoms with Crippen LogP contribution in [0, 0.1) is 5.92 Å². The molecule has 0 saturated heterocycles. The van der Waals surface area contributed by atoms with E-state index in [9.17, 15) is 34.5 Å². The molecule has 0 spiro atoms. The van der Waals surface area contributed by atoms with Gasteiger partial charge in [-0.1, -0.05) is 18.2 Å². The predicted octanol–water partition coefficient (Wildman–Crippen LogP) is -0.926. The number of aromatic nitrogens is 1. The topological polar surface area (TPSA) is 192 Å². The number of fused-ring (bicyclic) bond motifs is 3. The zero-order valence-electron chi connectivity index (χ0n) is 15.8. The molecule has 30 heavy (non-hydrogen) atoms. The number of aliphatic hydroxyl groups is 1. The summed E-state index contributed by atoms with van der Waals surface area (Å²) in [5, 5.41) is 31.9.